The van der Waals surface area contributed by atoms with Crippen molar-refractivity contribution in [3.05, 3.63) is 80.8 Å². The number of anilines is 1. The number of hydrogen-bond donors (Lipinski definition) is 1. The molecular weight excluding hydrogens is 461 g/mol. The van der Waals surface area contributed by atoms with E-state index in [1.165, 1.54) is 41.0 Å². The highest BCUT2D eigenvalue weighted by molar-refractivity contribution is 6.42. The Bertz CT molecular complexity index is 1330. The number of nitrogens with zero attached hydrogens (tertiary/aromatic N) is 3. The van der Waals surface area contributed by atoms with E-state index in [-0.39, 0.29) is 63.2 Å². The number of rotatable bonds is 4. The van der Waals surface area contributed by atoms with Gasteiger partial charge >= 0.3 is 0 Å². The summed E-state index contributed by atoms with van der Waals surface area (Å²) in [5.41, 5.74) is -1.51. The fourth-order valence-electron chi connectivity index (χ4n) is 4.05. The highest BCUT2D eigenvalue weighted by Gasteiger charge is 2.45. The molecule has 10 heteroatoms. The van der Waals surface area contributed by atoms with Crippen molar-refractivity contribution in [2.24, 2.45) is 7.05 Å². The van der Waals surface area contributed by atoms with E-state index in [1.807, 2.05) is 0 Å². The van der Waals surface area contributed by atoms with Crippen LogP contribution in [0.1, 0.15) is 12.0 Å². The number of carbonyl (C=O) groups is 1. The van der Waals surface area contributed by atoms with Crippen LogP contribution in [0.5, 0.6) is 0 Å². The SMILES string of the molecule is C=CC(=O)N1CC[C@](Nc2cc3c(=O)n(C)cnc3cc2F)(c2c(F)ccc(Cl)c2Cl)C1. The summed E-state index contributed by atoms with van der Waals surface area (Å²) in [5.74, 6) is -1.70. The Morgan fingerprint density at radius 1 is 1.28 bits per heavy atom. The fraction of sp³-hybridized carbons (Fsp3) is 0.227. The van der Waals surface area contributed by atoms with Gasteiger partial charge in [-0.2, -0.15) is 0 Å². The maximum atomic E-state index is 15.0. The maximum Gasteiger partial charge on any atom is 0.260 e. The average Bonchev–Trinajstić information content (AvgIpc) is 3.19. The lowest BCUT2D eigenvalue weighted by Crippen LogP contribution is -2.41. The third-order valence-corrected chi connectivity index (χ3v) is 6.46. The van der Waals surface area contributed by atoms with Gasteiger partial charge in [0.15, 0.2) is 0 Å². The van der Waals surface area contributed by atoms with Crippen LogP contribution in [0.3, 0.4) is 0 Å². The molecule has 166 valence electrons. The van der Waals surface area contributed by atoms with Crippen LogP contribution in [-0.2, 0) is 17.4 Å². The molecule has 1 atom stereocenters. The first-order chi connectivity index (χ1) is 15.2. The zero-order valence-corrected chi connectivity index (χ0v) is 18.5. The van der Waals surface area contributed by atoms with E-state index < -0.39 is 17.2 Å². The van der Waals surface area contributed by atoms with E-state index >= 15 is 8.78 Å². The van der Waals surface area contributed by atoms with Crippen LogP contribution in [0.4, 0.5) is 14.5 Å². The third-order valence-electron chi connectivity index (χ3n) is 5.66. The number of amides is 1. The van der Waals surface area contributed by atoms with E-state index in [9.17, 15) is 9.59 Å². The van der Waals surface area contributed by atoms with Crippen LogP contribution in [0.15, 0.2) is 48.0 Å². The molecule has 0 unspecified atom stereocenters. The van der Waals surface area contributed by atoms with Gasteiger partial charge in [0.25, 0.3) is 5.56 Å². The summed E-state index contributed by atoms with van der Waals surface area (Å²) < 4.78 is 31.4. The molecule has 1 fully saturated rings. The lowest BCUT2D eigenvalue weighted by Gasteiger charge is -2.33. The largest absolute Gasteiger partial charge is 0.371 e. The highest BCUT2D eigenvalue weighted by Crippen LogP contribution is 2.43. The summed E-state index contributed by atoms with van der Waals surface area (Å²) in [4.78, 5) is 30.3. The number of benzene rings is 2. The molecular formula is C22H18Cl2F2N4O2. The lowest BCUT2D eigenvalue weighted by molar-refractivity contribution is -0.125. The van der Waals surface area contributed by atoms with Gasteiger partial charge < -0.3 is 14.8 Å². The number of fused-ring (bicyclic) bond motifs is 1. The molecule has 3 aromatic rings. The monoisotopic (exact) mass is 478 g/mol. The van der Waals surface area contributed by atoms with Gasteiger partial charge in [-0.05, 0) is 30.7 Å². The van der Waals surface area contributed by atoms with Gasteiger partial charge in [-0.3, -0.25) is 9.59 Å². The Morgan fingerprint density at radius 3 is 2.75 bits per heavy atom. The van der Waals surface area contributed by atoms with Crippen molar-refractivity contribution in [1.29, 1.82) is 0 Å². The minimum absolute atomic E-state index is 0.0165. The molecule has 1 aliphatic heterocycles. The molecule has 4 rings (SSSR count). The molecule has 1 aliphatic rings. The minimum Gasteiger partial charge on any atom is -0.371 e. The van der Waals surface area contributed by atoms with Crippen LogP contribution < -0.4 is 10.9 Å². The van der Waals surface area contributed by atoms with Gasteiger partial charge in [0, 0.05) is 31.8 Å². The summed E-state index contributed by atoms with van der Waals surface area (Å²) in [6.07, 6.45) is 2.67. The van der Waals surface area contributed by atoms with E-state index in [1.54, 1.807) is 0 Å². The van der Waals surface area contributed by atoms with Crippen LogP contribution in [0.2, 0.25) is 10.0 Å². The van der Waals surface area contributed by atoms with Gasteiger partial charge in [0.1, 0.15) is 11.6 Å². The van der Waals surface area contributed by atoms with Gasteiger partial charge in [-0.15, -0.1) is 0 Å². The zero-order valence-electron chi connectivity index (χ0n) is 17.0. The van der Waals surface area contributed by atoms with Crippen LogP contribution in [0.25, 0.3) is 10.9 Å². The molecule has 1 amide bonds. The Kier molecular flexibility index (Phi) is 5.68. The number of halogens is 4. The smallest absolute Gasteiger partial charge is 0.260 e. The predicted molar refractivity (Wildman–Crippen MR) is 120 cm³/mol. The number of carbonyl (C=O) groups excluding carboxylic acids is 1. The van der Waals surface area contributed by atoms with Crippen molar-refractivity contribution in [2.75, 3.05) is 18.4 Å². The first-order valence-corrected chi connectivity index (χ1v) is 10.4. The van der Waals surface area contributed by atoms with Gasteiger partial charge in [0.05, 0.1) is 38.5 Å². The molecule has 0 bridgehead atoms. The first kappa shape index (κ1) is 22.2. The molecule has 2 aromatic carbocycles. The van der Waals surface area contributed by atoms with Crippen molar-refractivity contribution < 1.29 is 13.6 Å². The van der Waals surface area contributed by atoms with Gasteiger partial charge in [0.2, 0.25) is 5.91 Å². The number of nitrogens with one attached hydrogen (secondary N) is 1. The fourth-order valence-corrected chi connectivity index (χ4v) is 4.54. The van der Waals surface area contributed by atoms with Crippen LogP contribution >= 0.6 is 23.2 Å². The van der Waals surface area contributed by atoms with E-state index in [4.69, 9.17) is 23.2 Å². The Labute approximate surface area is 192 Å². The van der Waals surface area contributed by atoms with Crippen LogP contribution in [-0.4, -0.2) is 33.4 Å². The number of aromatic nitrogens is 2. The molecule has 0 spiro atoms. The molecule has 1 saturated heterocycles. The maximum absolute atomic E-state index is 15.0. The normalized spacial score (nSPS) is 18.2. The second-order valence-electron chi connectivity index (χ2n) is 7.65. The molecule has 2 heterocycles. The summed E-state index contributed by atoms with van der Waals surface area (Å²) in [5, 5.41) is 3.30. The van der Waals surface area contributed by atoms with Crippen molar-refractivity contribution >= 4 is 45.7 Å². The van der Waals surface area contributed by atoms with Gasteiger partial charge in [-0.25, -0.2) is 13.8 Å². The van der Waals surface area contributed by atoms with Crippen molar-refractivity contribution in [2.45, 2.75) is 12.0 Å². The third kappa shape index (κ3) is 3.63. The molecule has 1 N–H and O–H groups in total. The summed E-state index contributed by atoms with van der Waals surface area (Å²) >= 11 is 12.5. The number of hydrogen-bond acceptors (Lipinski definition) is 4. The Balaban J connectivity index is 1.90. The van der Waals surface area contributed by atoms with Crippen molar-refractivity contribution in [3.8, 4) is 0 Å². The Morgan fingerprint density at radius 2 is 2.03 bits per heavy atom. The standard InChI is InChI=1S/C22H18Cl2F2N4O2/c1-3-18(31)30-7-6-22(10-30,19-14(25)5-4-13(23)20(19)24)28-17-8-12-16(9-15(17)26)27-11-29(2)21(12)32/h3-5,8-9,11,28H,1,6-7,10H2,2H3/t22-/m1/s1. The van der Waals surface area contributed by atoms with E-state index in [2.05, 4.69) is 16.9 Å². The highest BCUT2D eigenvalue weighted by atomic mass is 35.5. The summed E-state index contributed by atoms with van der Waals surface area (Å²) in [7, 11) is 1.53. The minimum atomic E-state index is -1.30. The van der Waals surface area contributed by atoms with Crippen LogP contribution in [0, 0.1) is 11.6 Å². The molecule has 0 aliphatic carbocycles. The molecule has 32 heavy (non-hydrogen) atoms. The topological polar surface area (TPSA) is 67.2 Å². The second-order valence-corrected chi connectivity index (χ2v) is 8.43. The molecule has 1 aromatic heterocycles. The lowest BCUT2D eigenvalue weighted by atomic mass is 9.87. The average molecular weight is 479 g/mol. The number of likely N-dealkylation sites (tertiary alicyclic amines) is 1. The second kappa shape index (κ2) is 8.18. The Hall–Kier alpha value is -2.97. The van der Waals surface area contributed by atoms with Crippen molar-refractivity contribution in [1.82, 2.24) is 14.5 Å². The predicted octanol–water partition coefficient (Wildman–Crippen LogP) is 4.24. The quantitative estimate of drug-likeness (QED) is 0.449. The zero-order chi connectivity index (χ0) is 23.2. The molecule has 0 saturated carbocycles. The van der Waals surface area contributed by atoms with Crippen molar-refractivity contribution in [3.63, 3.8) is 0 Å². The summed E-state index contributed by atoms with van der Waals surface area (Å²) in [6.45, 7) is 3.72. The number of aryl methyl sites for hydroxylation is 1. The summed E-state index contributed by atoms with van der Waals surface area (Å²) in [6, 6.07) is 4.95. The molecule has 6 nitrogen and oxygen atoms in total. The van der Waals surface area contributed by atoms with E-state index in [0.29, 0.717) is 0 Å². The van der Waals surface area contributed by atoms with E-state index in [0.717, 1.165) is 12.1 Å². The first-order valence-electron chi connectivity index (χ1n) is 9.65. The van der Waals surface area contributed by atoms with Gasteiger partial charge in [-0.1, -0.05) is 29.8 Å². The molecule has 0 radical (unpaired) electrons.